The van der Waals surface area contributed by atoms with Crippen molar-refractivity contribution in [3.05, 3.63) is 50.7 Å². The Kier molecular flexibility index (Phi) is 5.24. The molecule has 3 nitrogen and oxygen atoms in total. The summed E-state index contributed by atoms with van der Waals surface area (Å²) in [7, 11) is 3.92. The lowest BCUT2D eigenvalue weighted by Crippen LogP contribution is -2.20. The fourth-order valence-electron chi connectivity index (χ4n) is 2.45. The molecule has 0 aliphatic carbocycles. The number of benzene rings is 1. The molecule has 0 saturated heterocycles. The zero-order valence-electron chi connectivity index (χ0n) is 12.0. The highest BCUT2D eigenvalue weighted by molar-refractivity contribution is 9.10. The summed E-state index contributed by atoms with van der Waals surface area (Å²) in [6.07, 6.45) is 0.869. The van der Waals surface area contributed by atoms with E-state index < -0.39 is 0 Å². The highest BCUT2D eigenvalue weighted by Crippen LogP contribution is 2.28. The fraction of sp³-hybridized carbons (Fsp3) is 0.400. The predicted octanol–water partition coefficient (Wildman–Crippen LogP) is 3.69. The molecule has 1 aromatic carbocycles. The molecule has 0 fully saturated rings. The zero-order chi connectivity index (χ0) is 14.7. The molecular weight excluding hydrogens is 338 g/mol. The Bertz CT molecular complexity index is 595. The van der Waals surface area contributed by atoms with Crippen LogP contribution in [-0.4, -0.2) is 23.4 Å². The SMILES string of the molecule is CNCC(Cc1c(Cl)c(C)nn1C)c1cccc(Br)c1. The van der Waals surface area contributed by atoms with E-state index in [4.69, 9.17) is 11.6 Å². The number of aromatic nitrogens is 2. The minimum absolute atomic E-state index is 0.366. The first-order chi connectivity index (χ1) is 9.52. The highest BCUT2D eigenvalue weighted by atomic mass is 79.9. The van der Waals surface area contributed by atoms with Crippen LogP contribution in [0, 0.1) is 6.92 Å². The molecule has 0 bridgehead atoms. The largest absolute Gasteiger partial charge is 0.319 e. The van der Waals surface area contributed by atoms with Crippen LogP contribution in [0.2, 0.25) is 5.02 Å². The Labute approximate surface area is 133 Å². The Hall–Kier alpha value is -0.840. The molecule has 0 radical (unpaired) electrons. The lowest BCUT2D eigenvalue weighted by atomic mass is 9.94. The third-order valence-electron chi connectivity index (χ3n) is 3.47. The van der Waals surface area contributed by atoms with Crippen molar-refractivity contribution in [1.29, 1.82) is 0 Å². The number of nitrogens with zero attached hydrogens (tertiary/aromatic N) is 2. The van der Waals surface area contributed by atoms with Gasteiger partial charge in [-0.1, -0.05) is 39.7 Å². The summed E-state index contributed by atoms with van der Waals surface area (Å²) in [6, 6.07) is 8.43. The molecular formula is C15H19BrClN3. The van der Waals surface area contributed by atoms with Crippen LogP contribution in [-0.2, 0) is 13.5 Å². The quantitative estimate of drug-likeness (QED) is 0.885. The van der Waals surface area contributed by atoms with E-state index in [-0.39, 0.29) is 0 Å². The Morgan fingerprint density at radius 2 is 2.20 bits per heavy atom. The first kappa shape index (κ1) is 15.5. The van der Waals surface area contributed by atoms with E-state index in [9.17, 15) is 0 Å². The van der Waals surface area contributed by atoms with E-state index in [1.54, 1.807) is 0 Å². The van der Waals surface area contributed by atoms with Gasteiger partial charge in [-0.15, -0.1) is 0 Å². The van der Waals surface area contributed by atoms with E-state index in [1.807, 2.05) is 31.8 Å². The summed E-state index contributed by atoms with van der Waals surface area (Å²) >= 11 is 9.90. The van der Waals surface area contributed by atoms with Crippen molar-refractivity contribution < 1.29 is 0 Å². The van der Waals surface area contributed by atoms with Gasteiger partial charge in [-0.05, 0) is 38.1 Å². The predicted molar refractivity (Wildman–Crippen MR) is 87.5 cm³/mol. The lowest BCUT2D eigenvalue weighted by Gasteiger charge is -2.18. The molecule has 5 heteroatoms. The van der Waals surface area contributed by atoms with Gasteiger partial charge < -0.3 is 5.32 Å². The van der Waals surface area contributed by atoms with E-state index in [1.165, 1.54) is 5.56 Å². The molecule has 108 valence electrons. The number of rotatable bonds is 5. The molecule has 0 aliphatic heterocycles. The van der Waals surface area contributed by atoms with Gasteiger partial charge in [0.1, 0.15) is 0 Å². The van der Waals surface area contributed by atoms with Gasteiger partial charge in [0.15, 0.2) is 0 Å². The number of aryl methyl sites for hydroxylation is 2. The van der Waals surface area contributed by atoms with Gasteiger partial charge >= 0.3 is 0 Å². The maximum atomic E-state index is 6.36. The molecule has 20 heavy (non-hydrogen) atoms. The second kappa shape index (κ2) is 6.74. The molecule has 1 atom stereocenters. The van der Waals surface area contributed by atoms with Crippen LogP contribution in [0.4, 0.5) is 0 Å². The van der Waals surface area contributed by atoms with Crippen molar-refractivity contribution in [2.24, 2.45) is 7.05 Å². The number of halogens is 2. The summed E-state index contributed by atoms with van der Waals surface area (Å²) < 4.78 is 2.99. The van der Waals surface area contributed by atoms with Gasteiger partial charge in [0.2, 0.25) is 0 Å². The maximum absolute atomic E-state index is 6.36. The second-order valence-corrected chi connectivity index (χ2v) is 6.28. The third kappa shape index (κ3) is 3.43. The number of hydrogen-bond donors (Lipinski definition) is 1. The standard InChI is InChI=1S/C15H19BrClN3/c1-10-15(17)14(20(3)19-10)8-12(9-18-2)11-5-4-6-13(16)7-11/h4-7,12,18H,8-9H2,1-3H3. The second-order valence-electron chi connectivity index (χ2n) is 4.98. The molecule has 1 aromatic heterocycles. The molecule has 2 aromatic rings. The van der Waals surface area contributed by atoms with Gasteiger partial charge in [-0.2, -0.15) is 5.10 Å². The topological polar surface area (TPSA) is 29.9 Å². The van der Waals surface area contributed by atoms with Crippen LogP contribution < -0.4 is 5.32 Å². The molecule has 0 aliphatic rings. The van der Waals surface area contributed by atoms with Gasteiger partial charge in [0.05, 0.1) is 16.4 Å². The van der Waals surface area contributed by atoms with Gasteiger partial charge in [0, 0.05) is 24.0 Å². The Balaban J connectivity index is 2.30. The van der Waals surface area contributed by atoms with Crippen molar-refractivity contribution in [3.63, 3.8) is 0 Å². The maximum Gasteiger partial charge on any atom is 0.0847 e. The summed E-state index contributed by atoms with van der Waals surface area (Å²) in [5, 5.41) is 8.43. The summed E-state index contributed by atoms with van der Waals surface area (Å²) in [5.41, 5.74) is 3.27. The summed E-state index contributed by atoms with van der Waals surface area (Å²) in [6.45, 7) is 2.84. The van der Waals surface area contributed by atoms with Crippen molar-refractivity contribution >= 4 is 27.5 Å². The Morgan fingerprint density at radius 1 is 1.45 bits per heavy atom. The van der Waals surface area contributed by atoms with Crippen molar-refractivity contribution in [1.82, 2.24) is 15.1 Å². The van der Waals surface area contributed by atoms with Gasteiger partial charge in [-0.25, -0.2) is 0 Å². The van der Waals surface area contributed by atoms with E-state index in [0.717, 1.165) is 33.8 Å². The van der Waals surface area contributed by atoms with Crippen molar-refractivity contribution in [2.45, 2.75) is 19.3 Å². The number of likely N-dealkylation sites (N-methyl/N-ethyl adjacent to an activating group) is 1. The Morgan fingerprint density at radius 3 is 2.75 bits per heavy atom. The van der Waals surface area contributed by atoms with Crippen LogP contribution >= 0.6 is 27.5 Å². The van der Waals surface area contributed by atoms with E-state index >= 15 is 0 Å². The van der Waals surface area contributed by atoms with Gasteiger partial charge in [0.25, 0.3) is 0 Å². The molecule has 1 N–H and O–H groups in total. The minimum atomic E-state index is 0.366. The van der Waals surface area contributed by atoms with E-state index in [2.05, 4.69) is 44.5 Å². The molecule has 0 amide bonds. The van der Waals surface area contributed by atoms with Crippen molar-refractivity contribution in [3.8, 4) is 0 Å². The first-order valence-corrected chi connectivity index (χ1v) is 7.78. The molecule has 0 saturated carbocycles. The highest BCUT2D eigenvalue weighted by Gasteiger charge is 2.18. The number of nitrogens with one attached hydrogen (secondary N) is 1. The molecule has 2 rings (SSSR count). The molecule has 1 unspecified atom stereocenters. The van der Waals surface area contributed by atoms with Crippen LogP contribution in [0.15, 0.2) is 28.7 Å². The lowest BCUT2D eigenvalue weighted by molar-refractivity contribution is 0.591. The normalized spacial score (nSPS) is 12.7. The third-order valence-corrected chi connectivity index (χ3v) is 4.46. The van der Waals surface area contributed by atoms with Crippen LogP contribution in [0.5, 0.6) is 0 Å². The summed E-state index contributed by atoms with van der Waals surface area (Å²) in [5.74, 6) is 0.366. The average molecular weight is 357 g/mol. The molecule has 1 heterocycles. The van der Waals surface area contributed by atoms with Crippen molar-refractivity contribution in [2.75, 3.05) is 13.6 Å². The molecule has 0 spiro atoms. The average Bonchev–Trinajstić information content (AvgIpc) is 2.64. The van der Waals surface area contributed by atoms with Crippen LogP contribution in [0.25, 0.3) is 0 Å². The van der Waals surface area contributed by atoms with Gasteiger partial charge in [-0.3, -0.25) is 4.68 Å². The zero-order valence-corrected chi connectivity index (χ0v) is 14.3. The summed E-state index contributed by atoms with van der Waals surface area (Å²) in [4.78, 5) is 0. The first-order valence-electron chi connectivity index (χ1n) is 6.61. The smallest absolute Gasteiger partial charge is 0.0847 e. The minimum Gasteiger partial charge on any atom is -0.319 e. The van der Waals surface area contributed by atoms with Crippen LogP contribution in [0.3, 0.4) is 0 Å². The monoisotopic (exact) mass is 355 g/mol. The van der Waals surface area contributed by atoms with Crippen LogP contribution in [0.1, 0.15) is 22.9 Å². The fourth-order valence-corrected chi connectivity index (χ4v) is 3.10. The number of hydrogen-bond acceptors (Lipinski definition) is 2. The van der Waals surface area contributed by atoms with E-state index in [0.29, 0.717) is 5.92 Å².